The second kappa shape index (κ2) is 9.02. The number of hydrogen-bond acceptors (Lipinski definition) is 4. The number of carbonyl (C=O) groups excluding carboxylic acids is 1. The molecule has 0 bridgehead atoms. The van der Waals surface area contributed by atoms with Gasteiger partial charge in [-0.05, 0) is 55.7 Å². The van der Waals surface area contributed by atoms with Crippen LogP contribution in [0.25, 0.3) is 0 Å². The van der Waals surface area contributed by atoms with Gasteiger partial charge in [0, 0.05) is 4.90 Å². The van der Waals surface area contributed by atoms with E-state index in [0.717, 1.165) is 16.0 Å². The zero-order valence-electron chi connectivity index (χ0n) is 14.7. The van der Waals surface area contributed by atoms with E-state index in [0.29, 0.717) is 6.42 Å². The van der Waals surface area contributed by atoms with Gasteiger partial charge in [-0.1, -0.05) is 31.2 Å². The largest absolute Gasteiger partial charge is 0.460 e. The zero-order valence-corrected chi connectivity index (χ0v) is 15.6. The number of carbonyl (C=O) groups is 1. The van der Waals surface area contributed by atoms with E-state index in [1.807, 2.05) is 44.2 Å². The fraction of sp³-hybridized carbons (Fsp3) is 0.350. The van der Waals surface area contributed by atoms with E-state index in [1.165, 1.54) is 6.07 Å². The van der Waals surface area contributed by atoms with Crippen molar-refractivity contribution >= 4 is 17.7 Å². The number of halogens is 1. The first-order valence-corrected chi connectivity index (χ1v) is 9.26. The molecule has 2 rings (SSSR count). The lowest BCUT2D eigenvalue weighted by atomic mass is 9.99. The molecular formula is C20H24FNO2S. The third-order valence-corrected chi connectivity index (χ3v) is 5.33. The fourth-order valence-corrected chi connectivity index (χ4v) is 3.78. The quantitative estimate of drug-likeness (QED) is 0.583. The number of thioether (sulfide) groups is 1. The lowest BCUT2D eigenvalue weighted by Crippen LogP contribution is -2.33. The van der Waals surface area contributed by atoms with Gasteiger partial charge >= 0.3 is 5.97 Å². The fourth-order valence-electron chi connectivity index (χ4n) is 2.57. The van der Waals surface area contributed by atoms with Crippen LogP contribution in [0, 0.1) is 5.82 Å². The van der Waals surface area contributed by atoms with Gasteiger partial charge in [0.2, 0.25) is 0 Å². The summed E-state index contributed by atoms with van der Waals surface area (Å²) in [6, 6.07) is 14.0. The SMILES string of the molecule is CCc1cc(F)ccc1[C@@H](Sc1ccccc1)[C@H](C)OC(=O)[C@H](C)N. The molecule has 0 aliphatic rings. The molecule has 2 N–H and O–H groups in total. The predicted octanol–water partition coefficient (Wildman–Crippen LogP) is 4.50. The van der Waals surface area contributed by atoms with E-state index >= 15 is 0 Å². The number of ether oxygens (including phenoxy) is 1. The highest BCUT2D eigenvalue weighted by atomic mass is 32.2. The van der Waals surface area contributed by atoms with Gasteiger partial charge < -0.3 is 10.5 Å². The molecule has 0 radical (unpaired) electrons. The van der Waals surface area contributed by atoms with Crippen LogP contribution in [-0.2, 0) is 16.0 Å². The van der Waals surface area contributed by atoms with Crippen LogP contribution in [0.2, 0.25) is 0 Å². The van der Waals surface area contributed by atoms with Crippen LogP contribution in [0.5, 0.6) is 0 Å². The molecule has 0 unspecified atom stereocenters. The normalized spacial score (nSPS) is 14.6. The number of nitrogens with two attached hydrogens (primary N) is 1. The van der Waals surface area contributed by atoms with Gasteiger partial charge in [0.1, 0.15) is 18.0 Å². The molecule has 0 aliphatic carbocycles. The third kappa shape index (κ3) is 5.31. The third-order valence-electron chi connectivity index (χ3n) is 3.90. The molecular weight excluding hydrogens is 337 g/mol. The van der Waals surface area contributed by atoms with Gasteiger partial charge in [-0.2, -0.15) is 0 Å². The highest BCUT2D eigenvalue weighted by Crippen LogP contribution is 2.40. The standard InChI is InChI=1S/C20H24FNO2S/c1-4-15-12-16(21)10-11-18(15)19(14(3)24-20(23)13(2)22)25-17-8-6-5-7-9-17/h5-14,19H,4,22H2,1-3H3/t13-,14-,19-/m0/s1. The Kier molecular flexibility index (Phi) is 7.02. The zero-order chi connectivity index (χ0) is 18.4. The van der Waals surface area contributed by atoms with Crippen molar-refractivity contribution < 1.29 is 13.9 Å². The van der Waals surface area contributed by atoms with Crippen LogP contribution in [0.3, 0.4) is 0 Å². The van der Waals surface area contributed by atoms with Crippen LogP contribution >= 0.6 is 11.8 Å². The first kappa shape index (κ1) is 19.5. The molecule has 0 saturated carbocycles. The minimum absolute atomic E-state index is 0.152. The number of hydrogen-bond donors (Lipinski definition) is 1. The molecule has 0 spiro atoms. The van der Waals surface area contributed by atoms with Crippen molar-refractivity contribution in [1.82, 2.24) is 0 Å². The Hall–Kier alpha value is -1.85. The molecule has 3 atom stereocenters. The van der Waals surface area contributed by atoms with Crippen molar-refractivity contribution in [2.45, 2.75) is 49.5 Å². The van der Waals surface area contributed by atoms with Crippen LogP contribution < -0.4 is 5.73 Å². The monoisotopic (exact) mass is 361 g/mol. The van der Waals surface area contributed by atoms with Gasteiger partial charge in [0.05, 0.1) is 5.25 Å². The van der Waals surface area contributed by atoms with Crippen molar-refractivity contribution in [3.63, 3.8) is 0 Å². The van der Waals surface area contributed by atoms with Crippen molar-refractivity contribution in [3.8, 4) is 0 Å². The molecule has 0 heterocycles. The summed E-state index contributed by atoms with van der Waals surface area (Å²) in [6.45, 7) is 5.44. The van der Waals surface area contributed by atoms with Gasteiger partial charge in [0.15, 0.2) is 0 Å². The Bertz CT molecular complexity index is 706. The maximum absolute atomic E-state index is 13.6. The highest BCUT2D eigenvalue weighted by Gasteiger charge is 2.27. The molecule has 2 aromatic carbocycles. The molecule has 0 amide bonds. The number of rotatable bonds is 7. The summed E-state index contributed by atoms with van der Waals surface area (Å²) in [5.74, 6) is -0.699. The Morgan fingerprint density at radius 1 is 1.20 bits per heavy atom. The smallest absolute Gasteiger partial charge is 0.322 e. The summed E-state index contributed by atoms with van der Waals surface area (Å²) in [4.78, 5) is 13.0. The van der Waals surface area contributed by atoms with E-state index in [-0.39, 0.29) is 11.1 Å². The number of aryl methyl sites for hydroxylation is 1. The summed E-state index contributed by atoms with van der Waals surface area (Å²) in [7, 11) is 0. The van der Waals surface area contributed by atoms with Crippen LogP contribution in [0.15, 0.2) is 53.4 Å². The van der Waals surface area contributed by atoms with Crippen LogP contribution in [0.1, 0.15) is 37.1 Å². The first-order chi connectivity index (χ1) is 11.9. The highest BCUT2D eigenvalue weighted by molar-refractivity contribution is 7.99. The maximum atomic E-state index is 13.6. The summed E-state index contributed by atoms with van der Waals surface area (Å²) >= 11 is 1.60. The summed E-state index contributed by atoms with van der Waals surface area (Å²) in [5, 5.41) is -0.152. The molecule has 25 heavy (non-hydrogen) atoms. The lowest BCUT2D eigenvalue weighted by molar-refractivity contribution is -0.149. The van der Waals surface area contributed by atoms with Crippen LogP contribution in [-0.4, -0.2) is 18.1 Å². The van der Waals surface area contributed by atoms with Crippen molar-refractivity contribution in [1.29, 1.82) is 0 Å². The van der Waals surface area contributed by atoms with Gasteiger partial charge in [0.25, 0.3) is 0 Å². The van der Waals surface area contributed by atoms with Crippen molar-refractivity contribution in [2.75, 3.05) is 0 Å². The minimum atomic E-state index is -0.677. The van der Waals surface area contributed by atoms with E-state index in [1.54, 1.807) is 30.8 Å². The topological polar surface area (TPSA) is 52.3 Å². The minimum Gasteiger partial charge on any atom is -0.460 e. The predicted molar refractivity (Wildman–Crippen MR) is 100 cm³/mol. The second-order valence-electron chi connectivity index (χ2n) is 5.98. The molecule has 5 heteroatoms. The van der Waals surface area contributed by atoms with E-state index in [2.05, 4.69) is 0 Å². The maximum Gasteiger partial charge on any atom is 0.322 e. The summed E-state index contributed by atoms with van der Waals surface area (Å²) in [5.41, 5.74) is 7.51. The molecule has 3 nitrogen and oxygen atoms in total. The van der Waals surface area contributed by atoms with E-state index in [9.17, 15) is 9.18 Å². The average Bonchev–Trinajstić information content (AvgIpc) is 2.60. The van der Waals surface area contributed by atoms with E-state index in [4.69, 9.17) is 10.5 Å². The summed E-state index contributed by atoms with van der Waals surface area (Å²) < 4.78 is 19.2. The average molecular weight is 361 g/mol. The molecule has 2 aromatic rings. The van der Waals surface area contributed by atoms with Gasteiger partial charge in [-0.15, -0.1) is 11.8 Å². The molecule has 0 aliphatic heterocycles. The lowest BCUT2D eigenvalue weighted by Gasteiger charge is -2.26. The van der Waals surface area contributed by atoms with Crippen LogP contribution in [0.4, 0.5) is 4.39 Å². The van der Waals surface area contributed by atoms with Crippen molar-refractivity contribution in [2.24, 2.45) is 5.73 Å². The molecule has 0 saturated heterocycles. The van der Waals surface area contributed by atoms with Gasteiger partial charge in [-0.3, -0.25) is 4.79 Å². The van der Waals surface area contributed by atoms with Gasteiger partial charge in [-0.25, -0.2) is 4.39 Å². The Labute approximate surface area is 152 Å². The number of esters is 1. The molecule has 0 aromatic heterocycles. The molecule has 0 fully saturated rings. The summed E-state index contributed by atoms with van der Waals surface area (Å²) in [6.07, 6.45) is 0.298. The number of benzene rings is 2. The second-order valence-corrected chi connectivity index (χ2v) is 7.19. The molecule has 134 valence electrons. The Morgan fingerprint density at radius 3 is 2.48 bits per heavy atom. The Balaban J connectivity index is 2.36. The van der Waals surface area contributed by atoms with E-state index < -0.39 is 18.1 Å². The first-order valence-electron chi connectivity index (χ1n) is 8.38. The Morgan fingerprint density at radius 2 is 1.88 bits per heavy atom. The van der Waals surface area contributed by atoms with Crippen molar-refractivity contribution in [3.05, 3.63) is 65.5 Å².